The Kier molecular flexibility index (Phi) is 8.41. The van der Waals surface area contributed by atoms with E-state index in [0.29, 0.717) is 24.5 Å². The Hall–Kier alpha value is -1.71. The molecule has 0 aliphatic heterocycles. The fraction of sp³-hybridized carbons (Fsp3) is 0.611. The highest BCUT2D eigenvalue weighted by atomic mass is 16.5. The van der Waals surface area contributed by atoms with Gasteiger partial charge in [-0.05, 0) is 30.0 Å². The number of nitrogens with one attached hydrogen (secondary N) is 1. The molecule has 0 radical (unpaired) electrons. The molecule has 1 rings (SSSR count). The molecule has 0 aliphatic carbocycles. The van der Waals surface area contributed by atoms with Crippen molar-refractivity contribution in [2.75, 3.05) is 14.2 Å². The molecule has 1 amide bonds. The number of rotatable bonds is 10. The molecule has 1 aromatic rings. The first-order chi connectivity index (χ1) is 10.6. The molecular weight excluding hydrogens is 278 g/mol. The second-order valence-electron chi connectivity index (χ2n) is 5.96. The van der Waals surface area contributed by atoms with Crippen molar-refractivity contribution < 1.29 is 14.3 Å². The monoisotopic (exact) mass is 307 g/mol. The van der Waals surface area contributed by atoms with E-state index in [2.05, 4.69) is 19.2 Å². The van der Waals surface area contributed by atoms with Crippen LogP contribution in [0, 0.1) is 5.92 Å². The standard InChI is InChI=1S/C18H29NO3/c1-14(2)8-6-5-7-9-18(20)19-13-15-10-11-16(21-3)17(12-15)22-4/h10-12,14H,5-9,13H2,1-4H3,(H,19,20). The zero-order chi connectivity index (χ0) is 16.4. The van der Waals surface area contributed by atoms with Crippen LogP contribution >= 0.6 is 0 Å². The van der Waals surface area contributed by atoms with E-state index in [1.165, 1.54) is 12.8 Å². The van der Waals surface area contributed by atoms with E-state index >= 15 is 0 Å². The lowest BCUT2D eigenvalue weighted by atomic mass is 10.0. The maximum absolute atomic E-state index is 11.8. The highest BCUT2D eigenvalue weighted by Gasteiger charge is 2.06. The molecule has 4 heteroatoms. The van der Waals surface area contributed by atoms with Crippen LogP contribution in [-0.4, -0.2) is 20.1 Å². The van der Waals surface area contributed by atoms with Gasteiger partial charge in [-0.25, -0.2) is 0 Å². The summed E-state index contributed by atoms with van der Waals surface area (Å²) in [6.07, 6.45) is 5.14. The number of unbranched alkanes of at least 4 members (excludes halogenated alkanes) is 2. The average molecular weight is 307 g/mol. The molecule has 0 spiro atoms. The summed E-state index contributed by atoms with van der Waals surface area (Å²) in [6.45, 7) is 4.98. The van der Waals surface area contributed by atoms with Gasteiger partial charge < -0.3 is 14.8 Å². The predicted molar refractivity (Wildman–Crippen MR) is 89.3 cm³/mol. The summed E-state index contributed by atoms with van der Waals surface area (Å²) in [7, 11) is 3.22. The lowest BCUT2D eigenvalue weighted by molar-refractivity contribution is -0.121. The van der Waals surface area contributed by atoms with Crippen molar-refractivity contribution in [3.63, 3.8) is 0 Å². The number of hydrogen-bond donors (Lipinski definition) is 1. The normalized spacial score (nSPS) is 10.6. The van der Waals surface area contributed by atoms with Gasteiger partial charge in [0.15, 0.2) is 11.5 Å². The van der Waals surface area contributed by atoms with Crippen molar-refractivity contribution in [3.8, 4) is 11.5 Å². The minimum Gasteiger partial charge on any atom is -0.493 e. The van der Waals surface area contributed by atoms with Crippen molar-refractivity contribution in [1.29, 1.82) is 0 Å². The number of amides is 1. The Morgan fingerprint density at radius 3 is 2.45 bits per heavy atom. The summed E-state index contributed by atoms with van der Waals surface area (Å²) in [5, 5.41) is 2.95. The molecule has 1 N–H and O–H groups in total. The number of ether oxygens (including phenoxy) is 2. The van der Waals surface area contributed by atoms with Crippen LogP contribution in [0.25, 0.3) is 0 Å². The zero-order valence-corrected chi connectivity index (χ0v) is 14.3. The van der Waals surface area contributed by atoms with Crippen LogP contribution < -0.4 is 14.8 Å². The Morgan fingerprint density at radius 1 is 1.09 bits per heavy atom. The topological polar surface area (TPSA) is 47.6 Å². The Labute approximate surface area is 134 Å². The molecule has 0 aromatic heterocycles. The van der Waals surface area contributed by atoms with Crippen LogP contribution in [0.15, 0.2) is 18.2 Å². The predicted octanol–water partition coefficient (Wildman–Crippen LogP) is 3.93. The SMILES string of the molecule is COc1ccc(CNC(=O)CCCCCC(C)C)cc1OC. The molecule has 0 heterocycles. The van der Waals surface area contributed by atoms with Crippen molar-refractivity contribution in [2.24, 2.45) is 5.92 Å². The first-order valence-electron chi connectivity index (χ1n) is 8.04. The van der Waals surface area contributed by atoms with Crippen LogP contribution in [0.1, 0.15) is 51.5 Å². The summed E-state index contributed by atoms with van der Waals surface area (Å²) >= 11 is 0. The van der Waals surface area contributed by atoms with Gasteiger partial charge in [0.2, 0.25) is 5.91 Å². The molecule has 0 bridgehead atoms. The maximum Gasteiger partial charge on any atom is 0.220 e. The van der Waals surface area contributed by atoms with Gasteiger partial charge in [0.25, 0.3) is 0 Å². The fourth-order valence-electron chi connectivity index (χ4n) is 2.29. The number of methoxy groups -OCH3 is 2. The third kappa shape index (κ3) is 6.83. The lowest BCUT2D eigenvalue weighted by Gasteiger charge is -2.10. The molecule has 0 unspecified atom stereocenters. The first kappa shape index (κ1) is 18.3. The molecule has 1 aromatic carbocycles. The highest BCUT2D eigenvalue weighted by Crippen LogP contribution is 2.27. The second-order valence-corrected chi connectivity index (χ2v) is 5.96. The molecule has 0 aliphatic rings. The maximum atomic E-state index is 11.8. The van der Waals surface area contributed by atoms with E-state index in [0.717, 1.165) is 24.3 Å². The third-order valence-corrected chi connectivity index (χ3v) is 3.62. The first-order valence-corrected chi connectivity index (χ1v) is 8.04. The summed E-state index contributed by atoms with van der Waals surface area (Å²) in [4.78, 5) is 11.8. The molecular formula is C18H29NO3. The highest BCUT2D eigenvalue weighted by molar-refractivity contribution is 5.75. The largest absolute Gasteiger partial charge is 0.493 e. The Bertz CT molecular complexity index is 458. The molecule has 22 heavy (non-hydrogen) atoms. The summed E-state index contributed by atoms with van der Waals surface area (Å²) in [5.74, 6) is 2.24. The molecule has 4 nitrogen and oxygen atoms in total. The minimum absolute atomic E-state index is 0.110. The van der Waals surface area contributed by atoms with Gasteiger partial charge in [0, 0.05) is 13.0 Å². The van der Waals surface area contributed by atoms with Crippen molar-refractivity contribution in [1.82, 2.24) is 5.32 Å². The molecule has 0 fully saturated rings. The smallest absolute Gasteiger partial charge is 0.220 e. The van der Waals surface area contributed by atoms with Gasteiger partial charge in [-0.1, -0.05) is 39.2 Å². The fourth-order valence-corrected chi connectivity index (χ4v) is 2.29. The van der Waals surface area contributed by atoms with Gasteiger partial charge >= 0.3 is 0 Å². The van der Waals surface area contributed by atoms with Gasteiger partial charge in [0.05, 0.1) is 14.2 Å². The van der Waals surface area contributed by atoms with E-state index in [-0.39, 0.29) is 5.91 Å². The average Bonchev–Trinajstić information content (AvgIpc) is 2.51. The second kappa shape index (κ2) is 10.1. The molecule has 124 valence electrons. The molecule has 0 atom stereocenters. The number of carbonyl (C=O) groups excluding carboxylic acids is 1. The van der Waals surface area contributed by atoms with Gasteiger partial charge in [-0.2, -0.15) is 0 Å². The lowest BCUT2D eigenvalue weighted by Crippen LogP contribution is -2.22. The molecule has 0 saturated heterocycles. The van der Waals surface area contributed by atoms with Crippen molar-refractivity contribution in [2.45, 2.75) is 52.5 Å². The summed E-state index contributed by atoms with van der Waals surface area (Å²) in [6, 6.07) is 5.68. The zero-order valence-electron chi connectivity index (χ0n) is 14.3. The van der Waals surface area contributed by atoms with Crippen molar-refractivity contribution >= 4 is 5.91 Å². The third-order valence-electron chi connectivity index (χ3n) is 3.62. The number of hydrogen-bond acceptors (Lipinski definition) is 3. The van der Waals surface area contributed by atoms with E-state index < -0.39 is 0 Å². The Balaban J connectivity index is 2.29. The van der Waals surface area contributed by atoms with Crippen LogP contribution in [0.2, 0.25) is 0 Å². The summed E-state index contributed by atoms with van der Waals surface area (Å²) in [5.41, 5.74) is 1.01. The van der Waals surface area contributed by atoms with Crippen LogP contribution in [0.3, 0.4) is 0 Å². The van der Waals surface area contributed by atoms with E-state index in [1.807, 2.05) is 18.2 Å². The van der Waals surface area contributed by atoms with Crippen LogP contribution in [0.4, 0.5) is 0 Å². The van der Waals surface area contributed by atoms with E-state index in [9.17, 15) is 4.79 Å². The summed E-state index contributed by atoms with van der Waals surface area (Å²) < 4.78 is 10.5. The number of carbonyl (C=O) groups is 1. The number of benzene rings is 1. The van der Waals surface area contributed by atoms with Gasteiger partial charge in [0.1, 0.15) is 0 Å². The van der Waals surface area contributed by atoms with Gasteiger partial charge in [-0.15, -0.1) is 0 Å². The van der Waals surface area contributed by atoms with E-state index in [1.54, 1.807) is 14.2 Å². The van der Waals surface area contributed by atoms with Gasteiger partial charge in [-0.3, -0.25) is 4.79 Å². The molecule has 0 saturated carbocycles. The quantitative estimate of drug-likeness (QED) is 0.666. The van der Waals surface area contributed by atoms with Crippen LogP contribution in [0.5, 0.6) is 11.5 Å². The van der Waals surface area contributed by atoms with Crippen molar-refractivity contribution in [3.05, 3.63) is 23.8 Å². The minimum atomic E-state index is 0.110. The Morgan fingerprint density at radius 2 is 1.82 bits per heavy atom. The van der Waals surface area contributed by atoms with E-state index in [4.69, 9.17) is 9.47 Å². The van der Waals surface area contributed by atoms with Crippen LogP contribution in [-0.2, 0) is 11.3 Å².